The fourth-order valence-corrected chi connectivity index (χ4v) is 0.966. The van der Waals surface area contributed by atoms with Crippen molar-refractivity contribution >= 4 is 11.9 Å². The SMILES string of the molecule is CN1C=CC1CC(=O)OC(=O)C(F)(F)F. The minimum absolute atomic E-state index is 0.269. The van der Waals surface area contributed by atoms with Gasteiger partial charge in [-0.3, -0.25) is 4.79 Å². The van der Waals surface area contributed by atoms with Crippen molar-refractivity contribution in [1.29, 1.82) is 0 Å². The molecule has 0 aliphatic carbocycles. The molecule has 0 aromatic carbocycles. The van der Waals surface area contributed by atoms with Gasteiger partial charge < -0.3 is 9.64 Å². The minimum atomic E-state index is -5.13. The van der Waals surface area contributed by atoms with Crippen molar-refractivity contribution in [3.05, 3.63) is 12.3 Å². The van der Waals surface area contributed by atoms with Crippen molar-refractivity contribution in [2.45, 2.75) is 18.6 Å². The summed E-state index contributed by atoms with van der Waals surface area (Å²) in [4.78, 5) is 22.7. The number of esters is 2. The highest BCUT2D eigenvalue weighted by atomic mass is 19.4. The van der Waals surface area contributed by atoms with Crippen molar-refractivity contribution in [1.82, 2.24) is 4.90 Å². The molecule has 0 amide bonds. The highest BCUT2D eigenvalue weighted by Crippen LogP contribution is 2.19. The zero-order valence-corrected chi connectivity index (χ0v) is 7.75. The molecule has 0 aromatic heterocycles. The topological polar surface area (TPSA) is 46.6 Å². The first kappa shape index (κ1) is 11.5. The second-order valence-electron chi connectivity index (χ2n) is 3.04. The van der Waals surface area contributed by atoms with Gasteiger partial charge >= 0.3 is 18.1 Å². The van der Waals surface area contributed by atoms with Gasteiger partial charge in [0.15, 0.2) is 0 Å². The Balaban J connectivity index is 2.37. The van der Waals surface area contributed by atoms with E-state index < -0.39 is 18.1 Å². The van der Waals surface area contributed by atoms with E-state index >= 15 is 0 Å². The Hall–Kier alpha value is -1.53. The van der Waals surface area contributed by atoms with Gasteiger partial charge in [-0.2, -0.15) is 13.2 Å². The van der Waals surface area contributed by atoms with Crippen molar-refractivity contribution in [3.8, 4) is 0 Å². The zero-order chi connectivity index (χ0) is 11.6. The molecule has 7 heteroatoms. The summed E-state index contributed by atoms with van der Waals surface area (Å²) in [6, 6.07) is -0.293. The zero-order valence-electron chi connectivity index (χ0n) is 7.75. The second-order valence-corrected chi connectivity index (χ2v) is 3.04. The van der Waals surface area contributed by atoms with Crippen LogP contribution in [0.5, 0.6) is 0 Å². The fourth-order valence-electron chi connectivity index (χ4n) is 0.966. The molecule has 0 aromatic rings. The molecule has 0 saturated heterocycles. The molecule has 1 unspecified atom stereocenters. The number of rotatable bonds is 2. The van der Waals surface area contributed by atoms with Crippen LogP contribution in [0.25, 0.3) is 0 Å². The molecule has 4 nitrogen and oxygen atoms in total. The third-order valence-corrected chi connectivity index (χ3v) is 1.88. The molecular formula is C8H8F3NO3. The Bertz CT molecular complexity index is 311. The van der Waals surface area contributed by atoms with Crippen LogP contribution in [0.4, 0.5) is 13.2 Å². The smallest absolute Gasteiger partial charge is 0.386 e. The Kier molecular flexibility index (Phi) is 3.01. The molecule has 1 atom stereocenters. The van der Waals surface area contributed by atoms with E-state index in [-0.39, 0.29) is 12.5 Å². The maximum atomic E-state index is 11.7. The molecule has 0 saturated carbocycles. The maximum Gasteiger partial charge on any atom is 0.491 e. The first-order chi connectivity index (χ1) is 6.80. The Labute approximate surface area is 83.3 Å². The van der Waals surface area contributed by atoms with Gasteiger partial charge in [-0.1, -0.05) is 0 Å². The normalized spacial score (nSPS) is 19.7. The number of nitrogens with zero attached hydrogens (tertiary/aromatic N) is 1. The van der Waals surface area contributed by atoms with Crippen LogP contribution in [0.1, 0.15) is 6.42 Å². The van der Waals surface area contributed by atoms with Crippen molar-refractivity contribution in [2.75, 3.05) is 7.05 Å². The van der Waals surface area contributed by atoms with E-state index in [0.29, 0.717) is 0 Å². The minimum Gasteiger partial charge on any atom is -0.386 e. The maximum absolute atomic E-state index is 11.7. The monoisotopic (exact) mass is 223 g/mol. The Morgan fingerprint density at radius 2 is 2.07 bits per heavy atom. The van der Waals surface area contributed by atoms with Crippen molar-refractivity contribution in [3.63, 3.8) is 0 Å². The molecule has 1 rings (SSSR count). The molecular weight excluding hydrogens is 215 g/mol. The number of halogens is 3. The van der Waals surface area contributed by atoms with Crippen LogP contribution in [0.3, 0.4) is 0 Å². The van der Waals surface area contributed by atoms with Crippen molar-refractivity contribution in [2.24, 2.45) is 0 Å². The lowest BCUT2D eigenvalue weighted by Gasteiger charge is -2.30. The van der Waals surface area contributed by atoms with E-state index in [1.165, 1.54) is 0 Å². The third-order valence-electron chi connectivity index (χ3n) is 1.88. The van der Waals surface area contributed by atoms with E-state index in [2.05, 4.69) is 4.74 Å². The molecule has 0 fully saturated rings. The lowest BCUT2D eigenvalue weighted by molar-refractivity contribution is -0.202. The summed E-state index contributed by atoms with van der Waals surface area (Å²) in [6.45, 7) is 0. The first-order valence-corrected chi connectivity index (χ1v) is 4.03. The Morgan fingerprint density at radius 1 is 1.47 bits per heavy atom. The van der Waals surface area contributed by atoms with Crippen LogP contribution in [-0.4, -0.2) is 36.1 Å². The summed E-state index contributed by atoms with van der Waals surface area (Å²) < 4.78 is 38.6. The lowest BCUT2D eigenvalue weighted by atomic mass is 10.1. The predicted molar refractivity (Wildman–Crippen MR) is 42.5 cm³/mol. The van der Waals surface area contributed by atoms with Crippen LogP contribution in [0.15, 0.2) is 12.3 Å². The van der Waals surface area contributed by atoms with Gasteiger partial charge in [-0.25, -0.2) is 4.79 Å². The molecule has 15 heavy (non-hydrogen) atoms. The molecule has 0 bridgehead atoms. The summed E-state index contributed by atoms with van der Waals surface area (Å²) in [5.41, 5.74) is 0. The molecule has 1 aliphatic rings. The fraction of sp³-hybridized carbons (Fsp3) is 0.500. The second kappa shape index (κ2) is 3.92. The summed E-state index contributed by atoms with van der Waals surface area (Å²) in [5.74, 6) is -3.66. The van der Waals surface area contributed by atoms with Crippen LogP contribution < -0.4 is 0 Å². The van der Waals surface area contributed by atoms with Gasteiger partial charge in [0.05, 0.1) is 12.5 Å². The van der Waals surface area contributed by atoms with Gasteiger partial charge in [0, 0.05) is 7.05 Å². The van der Waals surface area contributed by atoms with Crippen LogP contribution in [0.2, 0.25) is 0 Å². The van der Waals surface area contributed by atoms with Gasteiger partial charge in [-0.15, -0.1) is 0 Å². The molecule has 0 N–H and O–H groups in total. The molecule has 1 heterocycles. The molecule has 1 aliphatic heterocycles. The van der Waals surface area contributed by atoms with Gasteiger partial charge in [0.25, 0.3) is 0 Å². The number of alkyl halides is 3. The number of hydrogen-bond donors (Lipinski definition) is 0. The summed E-state index contributed by atoms with van der Waals surface area (Å²) in [5, 5.41) is 0. The van der Waals surface area contributed by atoms with Crippen LogP contribution in [-0.2, 0) is 14.3 Å². The number of ether oxygens (including phenoxy) is 1. The standard InChI is InChI=1S/C8H8F3NO3/c1-12-3-2-5(12)4-6(13)15-7(14)8(9,10)11/h2-3,5H,4H2,1H3. The van der Waals surface area contributed by atoms with Crippen LogP contribution >= 0.6 is 0 Å². The van der Waals surface area contributed by atoms with Crippen LogP contribution in [0, 0.1) is 0 Å². The predicted octanol–water partition coefficient (Wildman–Crippen LogP) is 0.836. The largest absolute Gasteiger partial charge is 0.491 e. The van der Waals surface area contributed by atoms with Gasteiger partial charge in [-0.05, 0) is 12.3 Å². The van der Waals surface area contributed by atoms with E-state index in [9.17, 15) is 22.8 Å². The quantitative estimate of drug-likeness (QED) is 0.514. The van der Waals surface area contributed by atoms with E-state index in [1.54, 1.807) is 24.2 Å². The summed E-state index contributed by atoms with van der Waals surface area (Å²) >= 11 is 0. The first-order valence-electron chi connectivity index (χ1n) is 4.03. The van der Waals surface area contributed by atoms with E-state index in [1.807, 2.05) is 0 Å². The highest BCUT2D eigenvalue weighted by Gasteiger charge is 2.42. The van der Waals surface area contributed by atoms with E-state index in [0.717, 1.165) is 0 Å². The third kappa shape index (κ3) is 2.97. The Morgan fingerprint density at radius 3 is 2.40 bits per heavy atom. The average molecular weight is 223 g/mol. The number of hydrogen-bond acceptors (Lipinski definition) is 4. The number of carbonyl (C=O) groups excluding carboxylic acids is 2. The average Bonchev–Trinajstić information content (AvgIpc) is 2.10. The lowest BCUT2D eigenvalue weighted by Crippen LogP contribution is -2.36. The summed E-state index contributed by atoms with van der Waals surface area (Å²) in [7, 11) is 1.66. The summed E-state index contributed by atoms with van der Waals surface area (Å²) in [6.07, 6.45) is -2.12. The van der Waals surface area contributed by atoms with Gasteiger partial charge in [0.1, 0.15) is 0 Å². The number of likely N-dealkylation sites (N-methyl/N-ethyl adjacent to an activating group) is 1. The number of carbonyl (C=O) groups is 2. The molecule has 0 spiro atoms. The van der Waals surface area contributed by atoms with E-state index in [4.69, 9.17) is 0 Å². The highest BCUT2D eigenvalue weighted by molar-refractivity contribution is 5.88. The molecule has 0 radical (unpaired) electrons. The molecule has 84 valence electrons. The van der Waals surface area contributed by atoms with Gasteiger partial charge in [0.2, 0.25) is 0 Å². The van der Waals surface area contributed by atoms with Crippen molar-refractivity contribution < 1.29 is 27.5 Å².